The molecule has 4 aromatic carbocycles. The number of fused-ring (bicyclic) bond motifs is 1. The molecule has 1 aliphatic rings. The number of rotatable bonds is 26. The molecule has 356 valence electrons. The van der Waals surface area contributed by atoms with Crippen molar-refractivity contribution >= 4 is 28.3 Å². The van der Waals surface area contributed by atoms with Crippen LogP contribution >= 0.6 is 0 Å². The van der Waals surface area contributed by atoms with E-state index in [1.54, 1.807) is 11.1 Å². The second-order valence-electron chi connectivity index (χ2n) is 20.4. The summed E-state index contributed by atoms with van der Waals surface area (Å²) in [4.78, 5) is 5.10. The molecule has 0 aliphatic heterocycles. The maximum absolute atomic E-state index is 2.66. The number of hydrogen-bond acceptors (Lipinski definition) is 2. The predicted octanol–water partition coefficient (Wildman–Crippen LogP) is 20.1. The summed E-state index contributed by atoms with van der Waals surface area (Å²) >= 11 is 0. The average molecular weight is 879 g/mol. The Balaban J connectivity index is 0.00000456. The SMILES string of the molecule is CC.CCCCCCC1(CCCCCC)C(/C=C(\C)N(c2ccc(CCCC)cc2)c2ccc(N(c3ccc(CCCC)cc3)C(C)(C)CC)cc2)=C(C)c2ccc(C(C)(C)CC)cc21. The van der Waals surface area contributed by atoms with Crippen molar-refractivity contribution in [1.82, 2.24) is 0 Å². The van der Waals surface area contributed by atoms with Crippen molar-refractivity contribution in [2.24, 2.45) is 0 Å². The molecular formula is C63H94N2. The first-order valence-electron chi connectivity index (χ1n) is 26.7. The van der Waals surface area contributed by atoms with Crippen molar-refractivity contribution < 1.29 is 0 Å². The number of nitrogens with zero attached hydrogens (tertiary/aromatic N) is 2. The van der Waals surface area contributed by atoms with Crippen LogP contribution in [0.3, 0.4) is 0 Å². The van der Waals surface area contributed by atoms with Gasteiger partial charge in [-0.15, -0.1) is 0 Å². The summed E-state index contributed by atoms with van der Waals surface area (Å²) < 4.78 is 0. The van der Waals surface area contributed by atoms with Crippen molar-refractivity contribution in [2.45, 2.75) is 229 Å². The van der Waals surface area contributed by atoms with Gasteiger partial charge in [0.2, 0.25) is 0 Å². The minimum Gasteiger partial charge on any atom is -0.336 e. The molecule has 0 saturated carbocycles. The van der Waals surface area contributed by atoms with Gasteiger partial charge in [0, 0.05) is 39.4 Å². The number of hydrogen-bond donors (Lipinski definition) is 0. The lowest BCUT2D eigenvalue weighted by Crippen LogP contribution is -2.40. The molecule has 0 aromatic heterocycles. The first-order chi connectivity index (χ1) is 31.3. The van der Waals surface area contributed by atoms with Gasteiger partial charge in [0.05, 0.1) is 0 Å². The molecule has 65 heavy (non-hydrogen) atoms. The number of allylic oxidation sites excluding steroid dienone is 4. The van der Waals surface area contributed by atoms with Crippen molar-refractivity contribution in [3.63, 3.8) is 0 Å². The van der Waals surface area contributed by atoms with Gasteiger partial charge >= 0.3 is 0 Å². The molecule has 0 heterocycles. The molecule has 0 bridgehead atoms. The highest BCUT2D eigenvalue weighted by Crippen LogP contribution is 2.54. The molecule has 0 saturated heterocycles. The van der Waals surface area contributed by atoms with Crippen LogP contribution in [0.5, 0.6) is 0 Å². The molecule has 0 radical (unpaired) electrons. The van der Waals surface area contributed by atoms with E-state index in [-0.39, 0.29) is 16.4 Å². The van der Waals surface area contributed by atoms with E-state index in [1.165, 1.54) is 146 Å². The van der Waals surface area contributed by atoms with Gasteiger partial charge in [0.1, 0.15) is 0 Å². The van der Waals surface area contributed by atoms with Gasteiger partial charge in [-0.25, -0.2) is 0 Å². The predicted molar refractivity (Wildman–Crippen MR) is 292 cm³/mol. The fourth-order valence-electron chi connectivity index (χ4n) is 10.1. The van der Waals surface area contributed by atoms with Crippen LogP contribution in [0.4, 0.5) is 22.7 Å². The van der Waals surface area contributed by atoms with E-state index in [0.29, 0.717) is 0 Å². The fraction of sp³-hybridized carbons (Fsp3) is 0.556. The highest BCUT2D eigenvalue weighted by molar-refractivity contribution is 5.83. The quantitative estimate of drug-likeness (QED) is 0.0580. The Kier molecular flexibility index (Phi) is 21.2. The van der Waals surface area contributed by atoms with Gasteiger partial charge in [0.25, 0.3) is 0 Å². The Hall–Kier alpha value is -4.04. The Labute approximate surface area is 401 Å². The zero-order chi connectivity index (χ0) is 47.6. The number of benzene rings is 4. The molecule has 2 nitrogen and oxygen atoms in total. The number of anilines is 4. The van der Waals surface area contributed by atoms with E-state index in [2.05, 4.69) is 190 Å². The first kappa shape index (κ1) is 53.6. The van der Waals surface area contributed by atoms with Gasteiger partial charge in [-0.05, 0) is 178 Å². The van der Waals surface area contributed by atoms with Crippen LogP contribution in [0.2, 0.25) is 0 Å². The van der Waals surface area contributed by atoms with Crippen LogP contribution in [-0.2, 0) is 23.7 Å². The van der Waals surface area contributed by atoms with Crippen LogP contribution in [0, 0.1) is 0 Å². The molecule has 0 N–H and O–H groups in total. The van der Waals surface area contributed by atoms with E-state index in [4.69, 9.17) is 0 Å². The van der Waals surface area contributed by atoms with Crippen LogP contribution < -0.4 is 9.80 Å². The highest BCUT2D eigenvalue weighted by atomic mass is 15.2. The van der Waals surface area contributed by atoms with Crippen molar-refractivity contribution in [3.05, 3.63) is 136 Å². The average Bonchev–Trinajstić information content (AvgIpc) is 3.54. The molecule has 0 fully saturated rings. The lowest BCUT2D eigenvalue weighted by atomic mass is 9.68. The third-order valence-electron chi connectivity index (χ3n) is 15.0. The smallest absolute Gasteiger partial charge is 0.0459 e. The highest BCUT2D eigenvalue weighted by Gasteiger charge is 2.43. The van der Waals surface area contributed by atoms with Crippen LogP contribution in [-0.4, -0.2) is 5.54 Å². The zero-order valence-electron chi connectivity index (χ0n) is 44.4. The molecule has 0 amide bonds. The standard InChI is InChI=1S/C61H88N2.C2H6/c1-13-19-23-25-43-61(44-26-24-20-14-2)57(48(8)56-42-33-51(46-58(56)61)59(9,10)17-5)45-47(7)62(52-34-29-49(30-35-52)27-21-15-3)53-38-40-55(41-39-53)63(60(11,12)18-6)54-36-31-50(32-37-54)28-22-16-4;1-2/h29-42,45-46H,13-28,43-44H2,1-12H3;1-2H3/b47-45+;. The molecule has 4 aromatic rings. The van der Waals surface area contributed by atoms with E-state index in [9.17, 15) is 0 Å². The summed E-state index contributed by atoms with van der Waals surface area (Å²) in [7, 11) is 0. The van der Waals surface area contributed by atoms with Crippen molar-refractivity contribution in [1.29, 1.82) is 0 Å². The van der Waals surface area contributed by atoms with E-state index >= 15 is 0 Å². The number of aryl methyl sites for hydroxylation is 2. The summed E-state index contributed by atoms with van der Waals surface area (Å²) in [5, 5.41) is 0. The Morgan fingerprint density at radius 2 is 0.985 bits per heavy atom. The third-order valence-corrected chi connectivity index (χ3v) is 15.0. The van der Waals surface area contributed by atoms with Crippen LogP contribution in [0.1, 0.15) is 227 Å². The van der Waals surface area contributed by atoms with Gasteiger partial charge in [0.15, 0.2) is 0 Å². The Morgan fingerprint density at radius 3 is 1.43 bits per heavy atom. The largest absolute Gasteiger partial charge is 0.336 e. The second-order valence-corrected chi connectivity index (χ2v) is 20.4. The summed E-state index contributed by atoms with van der Waals surface area (Å²) in [5.74, 6) is 0. The topological polar surface area (TPSA) is 6.48 Å². The van der Waals surface area contributed by atoms with Gasteiger partial charge in [-0.1, -0.05) is 176 Å². The van der Waals surface area contributed by atoms with Crippen molar-refractivity contribution in [3.8, 4) is 0 Å². The zero-order valence-corrected chi connectivity index (χ0v) is 44.4. The Bertz CT molecular complexity index is 2040. The van der Waals surface area contributed by atoms with Crippen LogP contribution in [0.25, 0.3) is 5.57 Å². The monoisotopic (exact) mass is 879 g/mol. The lowest BCUT2D eigenvalue weighted by molar-refractivity contribution is 0.396. The summed E-state index contributed by atoms with van der Waals surface area (Å²) in [6.07, 6.45) is 24.7. The maximum atomic E-state index is 2.66. The molecule has 0 spiro atoms. The Morgan fingerprint density at radius 1 is 0.538 bits per heavy atom. The normalized spacial score (nSPS) is 13.7. The lowest BCUT2D eigenvalue weighted by Gasteiger charge is -2.40. The van der Waals surface area contributed by atoms with Gasteiger partial charge in [-0.3, -0.25) is 0 Å². The minimum atomic E-state index is -0.0540. The molecule has 0 unspecified atom stereocenters. The summed E-state index contributed by atoms with van der Waals surface area (Å²) in [6, 6.07) is 35.9. The molecule has 0 atom stereocenters. The second kappa shape index (κ2) is 25.8. The van der Waals surface area contributed by atoms with Gasteiger partial charge in [-0.2, -0.15) is 0 Å². The minimum absolute atomic E-state index is 0.000146. The number of unbranched alkanes of at least 4 members (excludes halogenated alkanes) is 8. The molecule has 2 heteroatoms. The van der Waals surface area contributed by atoms with Crippen molar-refractivity contribution in [2.75, 3.05) is 9.80 Å². The molecule has 1 aliphatic carbocycles. The maximum Gasteiger partial charge on any atom is 0.0459 e. The molecule has 5 rings (SSSR count). The first-order valence-corrected chi connectivity index (χ1v) is 26.7. The molecular weight excluding hydrogens is 785 g/mol. The van der Waals surface area contributed by atoms with E-state index < -0.39 is 0 Å². The third kappa shape index (κ3) is 13.3. The van der Waals surface area contributed by atoms with E-state index in [0.717, 1.165) is 25.7 Å². The summed E-state index contributed by atoms with van der Waals surface area (Å²) in [6.45, 7) is 32.3. The van der Waals surface area contributed by atoms with Crippen LogP contribution in [0.15, 0.2) is 108 Å². The summed E-state index contributed by atoms with van der Waals surface area (Å²) in [5.41, 5.74) is 16.7. The van der Waals surface area contributed by atoms with Gasteiger partial charge < -0.3 is 9.80 Å². The fourth-order valence-corrected chi connectivity index (χ4v) is 10.1. The van der Waals surface area contributed by atoms with E-state index in [1.807, 2.05) is 13.8 Å².